The van der Waals surface area contributed by atoms with Crippen molar-refractivity contribution in [3.05, 3.63) is 267 Å². The highest BCUT2D eigenvalue weighted by Crippen LogP contribution is 2.46. The Morgan fingerprint density at radius 3 is 1.62 bits per heavy atom. The molecular weight excluding hydrogens is 821 g/mol. The molecule has 0 saturated carbocycles. The molecule has 0 N–H and O–H groups in total. The Hall–Kier alpha value is -8.98. The second-order valence-electron chi connectivity index (χ2n) is 17.6. The summed E-state index contributed by atoms with van der Waals surface area (Å²) in [6.45, 7) is 0. The summed E-state index contributed by atoms with van der Waals surface area (Å²) in [6.07, 6.45) is 0. The fraction of sp³-hybridized carbons (Fsp3) is 0. The second kappa shape index (κ2) is 16.5. The molecule has 1 aromatic heterocycles. The summed E-state index contributed by atoms with van der Waals surface area (Å²) in [5.74, 6) is 0. The van der Waals surface area contributed by atoms with Crippen molar-refractivity contribution in [3.63, 3.8) is 0 Å². The van der Waals surface area contributed by atoms with Crippen molar-refractivity contribution >= 4 is 71.2 Å². The quantitative estimate of drug-likeness (QED) is 0.148. The van der Waals surface area contributed by atoms with E-state index in [0.717, 1.165) is 39.4 Å². The molecule has 0 aliphatic heterocycles. The first-order chi connectivity index (χ1) is 33.7. The molecular formula is C66H44N2. The first-order valence-corrected chi connectivity index (χ1v) is 23.4. The monoisotopic (exact) mass is 864 g/mol. The van der Waals surface area contributed by atoms with Gasteiger partial charge in [0, 0.05) is 38.6 Å². The Morgan fingerprint density at radius 2 is 0.824 bits per heavy atom. The van der Waals surface area contributed by atoms with Crippen LogP contribution in [0.25, 0.3) is 104 Å². The lowest BCUT2D eigenvalue weighted by Gasteiger charge is -2.29. The molecule has 13 aromatic rings. The Bertz CT molecular complexity index is 4010. The van der Waals surface area contributed by atoms with Gasteiger partial charge in [0.1, 0.15) is 0 Å². The highest BCUT2D eigenvalue weighted by atomic mass is 15.1. The predicted octanol–water partition coefficient (Wildman–Crippen LogP) is 18.4. The maximum Gasteiger partial charge on any atom is 0.0619 e. The Labute approximate surface area is 395 Å². The maximum atomic E-state index is 2.46. The van der Waals surface area contributed by atoms with Crippen LogP contribution in [0.15, 0.2) is 267 Å². The van der Waals surface area contributed by atoms with Crippen molar-refractivity contribution in [1.82, 2.24) is 4.57 Å². The number of hydrogen-bond acceptors (Lipinski definition) is 1. The Morgan fingerprint density at radius 1 is 0.265 bits per heavy atom. The van der Waals surface area contributed by atoms with Gasteiger partial charge in [-0.1, -0.05) is 218 Å². The molecule has 0 bridgehead atoms. The first kappa shape index (κ1) is 39.4. The lowest BCUT2D eigenvalue weighted by molar-refractivity contribution is 1.19. The van der Waals surface area contributed by atoms with E-state index < -0.39 is 0 Å². The van der Waals surface area contributed by atoms with Crippen LogP contribution in [0, 0.1) is 0 Å². The van der Waals surface area contributed by atoms with Crippen LogP contribution in [0.4, 0.5) is 17.1 Å². The molecule has 0 aliphatic carbocycles. The topological polar surface area (TPSA) is 8.17 Å². The number of anilines is 3. The number of nitrogens with zero attached hydrogens (tertiary/aromatic N) is 2. The average Bonchev–Trinajstić information content (AvgIpc) is 3.76. The van der Waals surface area contributed by atoms with Crippen molar-refractivity contribution in [1.29, 1.82) is 0 Å². The van der Waals surface area contributed by atoms with Crippen LogP contribution in [-0.4, -0.2) is 4.57 Å². The molecule has 68 heavy (non-hydrogen) atoms. The van der Waals surface area contributed by atoms with Crippen LogP contribution >= 0.6 is 0 Å². The summed E-state index contributed by atoms with van der Waals surface area (Å²) in [5.41, 5.74) is 16.3. The van der Waals surface area contributed by atoms with Gasteiger partial charge in [-0.3, -0.25) is 0 Å². The molecule has 0 spiro atoms. The summed E-state index contributed by atoms with van der Waals surface area (Å²) in [6, 6.07) is 97.6. The van der Waals surface area contributed by atoms with Gasteiger partial charge in [-0.15, -0.1) is 0 Å². The van der Waals surface area contributed by atoms with Crippen LogP contribution in [0.5, 0.6) is 0 Å². The molecule has 1 heterocycles. The van der Waals surface area contributed by atoms with Gasteiger partial charge in [0.05, 0.1) is 16.7 Å². The van der Waals surface area contributed by atoms with E-state index in [1.807, 2.05) is 0 Å². The minimum atomic E-state index is 1.08. The maximum absolute atomic E-state index is 2.46. The highest BCUT2D eigenvalue weighted by Gasteiger charge is 2.21. The van der Waals surface area contributed by atoms with Crippen LogP contribution in [0.1, 0.15) is 0 Å². The molecule has 0 saturated heterocycles. The number of fused-ring (bicyclic) bond motifs is 7. The van der Waals surface area contributed by atoms with Gasteiger partial charge in [0.15, 0.2) is 0 Å². The minimum absolute atomic E-state index is 1.08. The largest absolute Gasteiger partial charge is 0.310 e. The van der Waals surface area contributed by atoms with E-state index in [2.05, 4.69) is 276 Å². The van der Waals surface area contributed by atoms with E-state index in [0.29, 0.717) is 0 Å². The minimum Gasteiger partial charge on any atom is -0.310 e. The van der Waals surface area contributed by atoms with Gasteiger partial charge in [0.25, 0.3) is 0 Å². The third-order valence-electron chi connectivity index (χ3n) is 13.8. The summed E-state index contributed by atoms with van der Waals surface area (Å²) in [7, 11) is 0. The number of para-hydroxylation sites is 1. The fourth-order valence-electron chi connectivity index (χ4n) is 10.6. The van der Waals surface area contributed by atoms with E-state index in [9.17, 15) is 0 Å². The number of rotatable bonds is 8. The summed E-state index contributed by atoms with van der Waals surface area (Å²) < 4.78 is 2.46. The van der Waals surface area contributed by atoms with Gasteiger partial charge in [-0.25, -0.2) is 0 Å². The molecule has 2 nitrogen and oxygen atoms in total. The van der Waals surface area contributed by atoms with Crippen molar-refractivity contribution in [2.45, 2.75) is 0 Å². The van der Waals surface area contributed by atoms with E-state index >= 15 is 0 Å². The zero-order valence-electron chi connectivity index (χ0n) is 37.3. The lowest BCUT2D eigenvalue weighted by atomic mass is 9.92. The van der Waals surface area contributed by atoms with Crippen molar-refractivity contribution in [2.75, 3.05) is 4.90 Å². The van der Waals surface area contributed by atoms with Crippen LogP contribution < -0.4 is 4.90 Å². The third-order valence-corrected chi connectivity index (χ3v) is 13.8. The molecule has 0 unspecified atom stereocenters. The van der Waals surface area contributed by atoms with Crippen LogP contribution in [0.3, 0.4) is 0 Å². The van der Waals surface area contributed by atoms with E-state index in [4.69, 9.17) is 0 Å². The molecule has 2 heteroatoms. The SMILES string of the molecule is c1ccc(-c2ccc(N(c3ccc(-c4cccc(-n5c6ccccc6c6ccc7ccccc7c65)c4)c(-c4ccccc4)c3)c3ccc(-c4cccc5ccccc45)c4ccccc34)cc2)cc1. The molecule has 318 valence electrons. The zero-order chi connectivity index (χ0) is 45.0. The summed E-state index contributed by atoms with van der Waals surface area (Å²) >= 11 is 0. The van der Waals surface area contributed by atoms with Gasteiger partial charge in [-0.2, -0.15) is 0 Å². The van der Waals surface area contributed by atoms with Gasteiger partial charge < -0.3 is 9.47 Å². The second-order valence-corrected chi connectivity index (χ2v) is 17.6. The molecule has 0 fully saturated rings. The van der Waals surface area contributed by atoms with E-state index in [1.165, 1.54) is 81.9 Å². The molecule has 13 rings (SSSR count). The number of hydrogen-bond donors (Lipinski definition) is 0. The van der Waals surface area contributed by atoms with Gasteiger partial charge in [0.2, 0.25) is 0 Å². The van der Waals surface area contributed by atoms with E-state index in [1.54, 1.807) is 0 Å². The summed E-state index contributed by atoms with van der Waals surface area (Å²) in [5, 5.41) is 9.87. The highest BCUT2D eigenvalue weighted by molar-refractivity contribution is 6.19. The lowest BCUT2D eigenvalue weighted by Crippen LogP contribution is -2.11. The molecule has 12 aromatic carbocycles. The standard InChI is InChI=1S/C66H44N2/c1-3-17-45(18-4-1)46-33-36-51(37-34-46)67(65-42-41-59(58-28-11-12-29-60(58)65)57-31-16-23-47-21-7-9-26-54(47)57)53-38-40-55(63(44-53)48-19-5-2-6-20-48)50-24-15-25-52(43-50)68-64-32-14-13-30-61(64)62-39-35-49-22-8-10-27-56(49)66(62)68/h1-44H. The molecule has 0 atom stereocenters. The third kappa shape index (κ3) is 6.65. The normalized spacial score (nSPS) is 11.5. The first-order valence-electron chi connectivity index (χ1n) is 23.4. The van der Waals surface area contributed by atoms with Crippen molar-refractivity contribution < 1.29 is 0 Å². The number of aromatic nitrogens is 1. The van der Waals surface area contributed by atoms with Crippen LogP contribution in [0.2, 0.25) is 0 Å². The fourth-order valence-corrected chi connectivity index (χ4v) is 10.6. The van der Waals surface area contributed by atoms with Crippen molar-refractivity contribution in [3.8, 4) is 50.2 Å². The zero-order valence-corrected chi connectivity index (χ0v) is 37.3. The van der Waals surface area contributed by atoms with Gasteiger partial charge in [-0.05, 0) is 115 Å². The molecule has 0 radical (unpaired) electrons. The average molecular weight is 865 g/mol. The summed E-state index contributed by atoms with van der Waals surface area (Å²) in [4.78, 5) is 2.44. The smallest absolute Gasteiger partial charge is 0.0619 e. The van der Waals surface area contributed by atoms with Crippen molar-refractivity contribution in [2.24, 2.45) is 0 Å². The Kier molecular flexibility index (Phi) is 9.54. The van der Waals surface area contributed by atoms with E-state index in [-0.39, 0.29) is 0 Å². The molecule has 0 aliphatic rings. The van der Waals surface area contributed by atoms with Gasteiger partial charge >= 0.3 is 0 Å². The predicted molar refractivity (Wildman–Crippen MR) is 290 cm³/mol. The number of benzene rings is 12. The Balaban J connectivity index is 1.01. The van der Waals surface area contributed by atoms with Crippen LogP contribution in [-0.2, 0) is 0 Å². The molecule has 0 amide bonds.